The minimum atomic E-state index is -0.171. The standard InChI is InChI=1S/C16H18FNS/c1-12(18-2)14-6-4-8-16(10-14)19-11-13-5-3-7-15(17)9-13/h3-10,12,18H,11H2,1-2H3. The first-order valence-corrected chi connectivity index (χ1v) is 7.32. The summed E-state index contributed by atoms with van der Waals surface area (Å²) in [7, 11) is 1.96. The van der Waals surface area contributed by atoms with Gasteiger partial charge in [0.25, 0.3) is 0 Å². The van der Waals surface area contributed by atoms with Crippen molar-refractivity contribution in [3.8, 4) is 0 Å². The Morgan fingerprint density at radius 2 is 1.95 bits per heavy atom. The summed E-state index contributed by atoms with van der Waals surface area (Å²) in [6.45, 7) is 2.14. The zero-order valence-corrected chi connectivity index (χ0v) is 12.0. The van der Waals surface area contributed by atoms with Crippen LogP contribution in [0, 0.1) is 5.82 Å². The molecule has 0 amide bonds. The second-order valence-electron chi connectivity index (χ2n) is 4.50. The second-order valence-corrected chi connectivity index (χ2v) is 5.55. The SMILES string of the molecule is CNC(C)c1cccc(SCc2cccc(F)c2)c1. The maximum absolute atomic E-state index is 13.1. The van der Waals surface area contributed by atoms with Crippen molar-refractivity contribution in [3.05, 3.63) is 65.5 Å². The molecule has 2 aromatic carbocycles. The minimum Gasteiger partial charge on any atom is -0.313 e. The summed E-state index contributed by atoms with van der Waals surface area (Å²) in [5.41, 5.74) is 2.28. The molecule has 0 aromatic heterocycles. The lowest BCUT2D eigenvalue weighted by Crippen LogP contribution is -2.11. The van der Waals surface area contributed by atoms with E-state index in [4.69, 9.17) is 0 Å². The maximum atomic E-state index is 13.1. The van der Waals surface area contributed by atoms with Gasteiger partial charge in [-0.3, -0.25) is 0 Å². The molecule has 0 saturated carbocycles. The molecular weight excluding hydrogens is 257 g/mol. The number of halogens is 1. The van der Waals surface area contributed by atoms with Crippen LogP contribution < -0.4 is 5.32 Å². The van der Waals surface area contributed by atoms with Crippen LogP contribution in [-0.2, 0) is 5.75 Å². The maximum Gasteiger partial charge on any atom is 0.123 e. The van der Waals surface area contributed by atoms with Crippen LogP contribution in [0.4, 0.5) is 4.39 Å². The third-order valence-electron chi connectivity index (χ3n) is 3.09. The van der Waals surface area contributed by atoms with Crippen LogP contribution in [0.3, 0.4) is 0 Å². The molecule has 0 fully saturated rings. The third-order valence-corrected chi connectivity index (χ3v) is 4.15. The van der Waals surface area contributed by atoms with Gasteiger partial charge in [-0.25, -0.2) is 4.39 Å². The molecule has 0 bridgehead atoms. The molecule has 2 rings (SSSR count). The third kappa shape index (κ3) is 4.08. The summed E-state index contributed by atoms with van der Waals surface area (Å²) in [4.78, 5) is 1.21. The van der Waals surface area contributed by atoms with Crippen molar-refractivity contribution in [3.63, 3.8) is 0 Å². The predicted molar refractivity (Wildman–Crippen MR) is 79.9 cm³/mol. The van der Waals surface area contributed by atoms with E-state index < -0.39 is 0 Å². The van der Waals surface area contributed by atoms with Gasteiger partial charge in [0.15, 0.2) is 0 Å². The highest BCUT2D eigenvalue weighted by Crippen LogP contribution is 2.25. The quantitative estimate of drug-likeness (QED) is 0.812. The van der Waals surface area contributed by atoms with Gasteiger partial charge in [-0.05, 0) is 49.4 Å². The minimum absolute atomic E-state index is 0.171. The van der Waals surface area contributed by atoms with Gasteiger partial charge in [0.2, 0.25) is 0 Å². The Balaban J connectivity index is 2.03. The molecule has 100 valence electrons. The van der Waals surface area contributed by atoms with E-state index in [1.807, 2.05) is 13.1 Å². The molecular formula is C16H18FNS. The molecule has 19 heavy (non-hydrogen) atoms. The number of nitrogens with one attached hydrogen (secondary N) is 1. The molecule has 1 atom stereocenters. The fraction of sp³-hybridized carbons (Fsp3) is 0.250. The summed E-state index contributed by atoms with van der Waals surface area (Å²) in [5.74, 6) is 0.616. The summed E-state index contributed by atoms with van der Waals surface area (Å²) in [5, 5.41) is 3.23. The number of benzene rings is 2. The topological polar surface area (TPSA) is 12.0 Å². The first kappa shape index (κ1) is 14.1. The molecule has 1 nitrogen and oxygen atoms in total. The van der Waals surface area contributed by atoms with E-state index in [2.05, 4.69) is 36.5 Å². The molecule has 0 aliphatic heterocycles. The second kappa shape index (κ2) is 6.73. The summed E-state index contributed by atoms with van der Waals surface area (Å²) in [6, 6.07) is 15.6. The number of rotatable bonds is 5. The van der Waals surface area contributed by atoms with E-state index in [-0.39, 0.29) is 5.82 Å². The highest BCUT2D eigenvalue weighted by Gasteiger charge is 2.04. The van der Waals surface area contributed by atoms with Crippen molar-refractivity contribution >= 4 is 11.8 Å². The van der Waals surface area contributed by atoms with Gasteiger partial charge in [0.1, 0.15) is 5.82 Å². The lowest BCUT2D eigenvalue weighted by Gasteiger charge is -2.11. The van der Waals surface area contributed by atoms with E-state index in [1.54, 1.807) is 23.9 Å². The van der Waals surface area contributed by atoms with Crippen molar-refractivity contribution in [2.24, 2.45) is 0 Å². The number of thioether (sulfide) groups is 1. The van der Waals surface area contributed by atoms with E-state index in [9.17, 15) is 4.39 Å². The summed E-state index contributed by atoms with van der Waals surface area (Å²) < 4.78 is 13.1. The summed E-state index contributed by atoms with van der Waals surface area (Å²) in [6.07, 6.45) is 0. The van der Waals surface area contributed by atoms with Gasteiger partial charge in [-0.2, -0.15) is 0 Å². The average molecular weight is 275 g/mol. The van der Waals surface area contributed by atoms with Crippen molar-refractivity contribution in [1.82, 2.24) is 5.32 Å². The van der Waals surface area contributed by atoms with Gasteiger partial charge >= 0.3 is 0 Å². The van der Waals surface area contributed by atoms with Crippen LogP contribution in [0.2, 0.25) is 0 Å². The monoisotopic (exact) mass is 275 g/mol. The van der Waals surface area contributed by atoms with Crippen LogP contribution in [0.25, 0.3) is 0 Å². The van der Waals surface area contributed by atoms with Gasteiger partial charge in [-0.1, -0.05) is 24.3 Å². The van der Waals surface area contributed by atoms with Crippen molar-refractivity contribution in [2.45, 2.75) is 23.6 Å². The number of hydrogen-bond acceptors (Lipinski definition) is 2. The van der Waals surface area contributed by atoms with E-state index in [1.165, 1.54) is 16.5 Å². The predicted octanol–water partition coefficient (Wildman–Crippen LogP) is 4.40. The summed E-state index contributed by atoms with van der Waals surface area (Å²) >= 11 is 1.73. The molecule has 1 unspecified atom stereocenters. The smallest absolute Gasteiger partial charge is 0.123 e. The van der Waals surface area contributed by atoms with E-state index in [0.29, 0.717) is 6.04 Å². The molecule has 3 heteroatoms. The van der Waals surface area contributed by atoms with Crippen LogP contribution in [-0.4, -0.2) is 7.05 Å². The van der Waals surface area contributed by atoms with Crippen molar-refractivity contribution in [2.75, 3.05) is 7.05 Å². The Kier molecular flexibility index (Phi) is 5.00. The van der Waals surface area contributed by atoms with Crippen LogP contribution in [0.1, 0.15) is 24.1 Å². The van der Waals surface area contributed by atoms with E-state index in [0.717, 1.165) is 11.3 Å². The van der Waals surface area contributed by atoms with Gasteiger partial charge < -0.3 is 5.32 Å². The van der Waals surface area contributed by atoms with Gasteiger partial charge in [0.05, 0.1) is 0 Å². The first-order chi connectivity index (χ1) is 9.19. The molecule has 1 N–H and O–H groups in total. The van der Waals surface area contributed by atoms with Crippen molar-refractivity contribution in [1.29, 1.82) is 0 Å². The zero-order chi connectivity index (χ0) is 13.7. The molecule has 0 saturated heterocycles. The molecule has 0 radical (unpaired) electrons. The first-order valence-electron chi connectivity index (χ1n) is 6.33. The molecule has 0 heterocycles. The number of hydrogen-bond donors (Lipinski definition) is 1. The van der Waals surface area contributed by atoms with Gasteiger partial charge in [-0.15, -0.1) is 11.8 Å². The lowest BCUT2D eigenvalue weighted by atomic mass is 10.1. The Bertz CT molecular complexity index is 542. The fourth-order valence-electron chi connectivity index (χ4n) is 1.83. The zero-order valence-electron chi connectivity index (χ0n) is 11.2. The average Bonchev–Trinajstić information content (AvgIpc) is 2.45. The Morgan fingerprint density at radius 1 is 1.16 bits per heavy atom. The van der Waals surface area contributed by atoms with Gasteiger partial charge in [0, 0.05) is 16.7 Å². The fourth-order valence-corrected chi connectivity index (χ4v) is 2.74. The van der Waals surface area contributed by atoms with E-state index >= 15 is 0 Å². The van der Waals surface area contributed by atoms with Crippen molar-refractivity contribution < 1.29 is 4.39 Å². The van der Waals surface area contributed by atoms with Crippen LogP contribution in [0.5, 0.6) is 0 Å². The molecule has 2 aromatic rings. The Morgan fingerprint density at radius 3 is 2.68 bits per heavy atom. The largest absolute Gasteiger partial charge is 0.313 e. The lowest BCUT2D eigenvalue weighted by molar-refractivity contribution is 0.626. The molecule has 0 aliphatic carbocycles. The van der Waals surface area contributed by atoms with Crippen LogP contribution >= 0.6 is 11.8 Å². The highest BCUT2D eigenvalue weighted by atomic mass is 32.2. The normalized spacial score (nSPS) is 12.4. The van der Waals surface area contributed by atoms with Crippen LogP contribution in [0.15, 0.2) is 53.4 Å². The molecule has 0 spiro atoms. The highest BCUT2D eigenvalue weighted by molar-refractivity contribution is 7.98. The molecule has 0 aliphatic rings. The Labute approximate surface area is 118 Å². The Hall–Kier alpha value is -1.32.